The lowest BCUT2D eigenvalue weighted by Crippen LogP contribution is -2.45. The van der Waals surface area contributed by atoms with Crippen LogP contribution in [0.5, 0.6) is 0 Å². The van der Waals surface area contributed by atoms with Crippen molar-refractivity contribution in [2.45, 2.75) is 22.7 Å². The number of amides is 1. The molecule has 0 saturated carbocycles. The van der Waals surface area contributed by atoms with Crippen molar-refractivity contribution in [3.05, 3.63) is 90.5 Å². The highest BCUT2D eigenvalue weighted by molar-refractivity contribution is 8.02. The lowest BCUT2D eigenvalue weighted by molar-refractivity contribution is -0.123. The van der Waals surface area contributed by atoms with Gasteiger partial charge < -0.3 is 10.4 Å². The third-order valence-electron chi connectivity index (χ3n) is 5.58. The lowest BCUT2D eigenvalue weighted by Gasteiger charge is -2.25. The largest absolute Gasteiger partial charge is 0.396 e. The summed E-state index contributed by atoms with van der Waals surface area (Å²) in [4.78, 5) is 13.3. The van der Waals surface area contributed by atoms with Crippen LogP contribution in [0.25, 0.3) is 11.1 Å². The van der Waals surface area contributed by atoms with Crippen LogP contribution in [0.2, 0.25) is 0 Å². The molecular formula is C25H26N2O4S2. The Morgan fingerprint density at radius 1 is 0.970 bits per heavy atom. The fraction of sp³-hybridized carbons (Fsp3) is 0.240. The molecule has 1 heterocycles. The van der Waals surface area contributed by atoms with Gasteiger partial charge in [-0.1, -0.05) is 72.8 Å². The van der Waals surface area contributed by atoms with Crippen LogP contribution in [0.4, 0.5) is 0 Å². The minimum Gasteiger partial charge on any atom is -0.396 e. The molecule has 2 atom stereocenters. The van der Waals surface area contributed by atoms with Gasteiger partial charge in [0.25, 0.3) is 0 Å². The number of aliphatic hydroxyl groups excluding tert-OH is 1. The van der Waals surface area contributed by atoms with Gasteiger partial charge in [-0.25, -0.2) is 8.42 Å². The maximum atomic E-state index is 13.4. The molecule has 1 fully saturated rings. The van der Waals surface area contributed by atoms with Crippen LogP contribution in [0.3, 0.4) is 0 Å². The van der Waals surface area contributed by atoms with E-state index in [0.29, 0.717) is 12.2 Å². The molecule has 172 valence electrons. The molecule has 3 aromatic rings. The smallest absolute Gasteiger partial charge is 0.249 e. The van der Waals surface area contributed by atoms with E-state index in [1.54, 1.807) is 24.3 Å². The second-order valence-electron chi connectivity index (χ2n) is 7.71. The summed E-state index contributed by atoms with van der Waals surface area (Å²) < 4.78 is 28.0. The summed E-state index contributed by atoms with van der Waals surface area (Å²) in [5.41, 5.74) is 2.80. The van der Waals surface area contributed by atoms with Gasteiger partial charge in [-0.05, 0) is 35.2 Å². The molecule has 1 saturated heterocycles. The quantitative estimate of drug-likeness (QED) is 0.512. The van der Waals surface area contributed by atoms with Crippen LogP contribution in [-0.2, 0) is 14.8 Å². The lowest BCUT2D eigenvalue weighted by atomic mass is 10.0. The molecule has 0 aliphatic carbocycles. The highest BCUT2D eigenvalue weighted by atomic mass is 32.2. The molecule has 8 heteroatoms. The molecule has 33 heavy (non-hydrogen) atoms. The van der Waals surface area contributed by atoms with E-state index < -0.39 is 15.4 Å². The molecule has 3 aromatic carbocycles. The third-order valence-corrected chi connectivity index (χ3v) is 8.79. The molecule has 0 spiro atoms. The molecule has 4 rings (SSSR count). The SMILES string of the molecule is O=C(N[C@@H](CCO)c1ccccc1)C1SCCN1S(=O)(=O)c1ccc(-c2ccccc2)cc1. The van der Waals surface area contributed by atoms with Gasteiger partial charge in [0.2, 0.25) is 15.9 Å². The van der Waals surface area contributed by atoms with Crippen molar-refractivity contribution in [3.8, 4) is 11.1 Å². The maximum Gasteiger partial charge on any atom is 0.249 e. The topological polar surface area (TPSA) is 86.7 Å². The van der Waals surface area contributed by atoms with Gasteiger partial charge in [0.1, 0.15) is 5.37 Å². The first kappa shape index (κ1) is 23.5. The second-order valence-corrected chi connectivity index (χ2v) is 10.8. The van der Waals surface area contributed by atoms with Crippen LogP contribution < -0.4 is 5.32 Å². The molecule has 0 radical (unpaired) electrons. The summed E-state index contributed by atoms with van der Waals surface area (Å²) in [5.74, 6) is 0.166. The van der Waals surface area contributed by atoms with Crippen molar-refractivity contribution in [1.82, 2.24) is 9.62 Å². The van der Waals surface area contributed by atoms with Gasteiger partial charge in [0, 0.05) is 18.9 Å². The number of nitrogens with one attached hydrogen (secondary N) is 1. The molecule has 0 bridgehead atoms. The van der Waals surface area contributed by atoms with Gasteiger partial charge in [-0.15, -0.1) is 11.8 Å². The van der Waals surface area contributed by atoms with Gasteiger partial charge in [-0.3, -0.25) is 4.79 Å². The Hall–Kier alpha value is -2.65. The zero-order valence-corrected chi connectivity index (χ0v) is 19.6. The van der Waals surface area contributed by atoms with Crippen molar-refractivity contribution in [3.63, 3.8) is 0 Å². The summed E-state index contributed by atoms with van der Waals surface area (Å²) in [6, 6.07) is 25.5. The number of carbonyl (C=O) groups is 1. The Bertz CT molecular complexity index is 1170. The van der Waals surface area contributed by atoms with Crippen LogP contribution in [0, 0.1) is 0 Å². The summed E-state index contributed by atoms with van der Waals surface area (Å²) in [6.07, 6.45) is 0.348. The standard InChI is InChI=1S/C25H26N2O4S2/c28-17-15-23(21-9-5-2-6-10-21)26-24(29)25-27(16-18-32-25)33(30,31)22-13-11-20(12-14-22)19-7-3-1-4-8-19/h1-14,23,25,28H,15-18H2,(H,26,29)/t23-,25?/m0/s1. The molecule has 1 unspecified atom stereocenters. The second kappa shape index (κ2) is 10.5. The monoisotopic (exact) mass is 482 g/mol. The molecular weight excluding hydrogens is 456 g/mol. The van der Waals surface area contributed by atoms with Crippen molar-refractivity contribution in [1.29, 1.82) is 0 Å². The highest BCUT2D eigenvalue weighted by Crippen LogP contribution is 2.32. The number of thioether (sulfide) groups is 1. The number of rotatable bonds is 8. The number of hydrogen-bond donors (Lipinski definition) is 2. The molecule has 1 amide bonds. The van der Waals surface area contributed by atoms with Crippen LogP contribution >= 0.6 is 11.8 Å². The van der Waals surface area contributed by atoms with E-state index in [9.17, 15) is 18.3 Å². The summed E-state index contributed by atoms with van der Waals surface area (Å²) in [6.45, 7) is 0.176. The minimum absolute atomic E-state index is 0.0899. The van der Waals surface area contributed by atoms with E-state index in [4.69, 9.17) is 0 Å². The Labute approximate surface area is 198 Å². The molecule has 2 N–H and O–H groups in total. The fourth-order valence-corrected chi connectivity index (χ4v) is 6.96. The Morgan fingerprint density at radius 2 is 1.58 bits per heavy atom. The fourth-order valence-electron chi connectivity index (χ4n) is 3.87. The molecule has 1 aliphatic heterocycles. The third kappa shape index (κ3) is 5.30. The first-order valence-electron chi connectivity index (χ1n) is 10.8. The first-order chi connectivity index (χ1) is 16.0. The number of carbonyl (C=O) groups excluding carboxylic acids is 1. The van der Waals surface area contributed by atoms with E-state index in [1.165, 1.54) is 16.1 Å². The zero-order valence-electron chi connectivity index (χ0n) is 18.0. The number of aliphatic hydroxyl groups is 1. The predicted octanol–water partition coefficient (Wildman–Crippen LogP) is 3.66. The first-order valence-corrected chi connectivity index (χ1v) is 13.2. The normalized spacial score (nSPS) is 17.5. The number of nitrogens with zero attached hydrogens (tertiary/aromatic N) is 1. The molecule has 1 aliphatic rings. The van der Waals surface area contributed by atoms with Crippen molar-refractivity contribution >= 4 is 27.7 Å². The molecule has 0 aromatic heterocycles. The van der Waals surface area contributed by atoms with Crippen LogP contribution in [0.1, 0.15) is 18.0 Å². The van der Waals surface area contributed by atoms with Crippen molar-refractivity contribution < 1.29 is 18.3 Å². The average molecular weight is 483 g/mol. The Balaban J connectivity index is 1.52. The van der Waals surface area contributed by atoms with Gasteiger partial charge >= 0.3 is 0 Å². The predicted molar refractivity (Wildman–Crippen MR) is 131 cm³/mol. The summed E-state index contributed by atoms with van der Waals surface area (Å²) >= 11 is 1.31. The average Bonchev–Trinajstić information content (AvgIpc) is 3.36. The number of hydrogen-bond acceptors (Lipinski definition) is 5. The van der Waals surface area contributed by atoms with Gasteiger partial charge in [0.05, 0.1) is 10.9 Å². The van der Waals surface area contributed by atoms with Gasteiger partial charge in [0.15, 0.2) is 0 Å². The van der Waals surface area contributed by atoms with E-state index >= 15 is 0 Å². The Kier molecular flexibility index (Phi) is 7.49. The van der Waals surface area contributed by atoms with Crippen molar-refractivity contribution in [2.75, 3.05) is 18.9 Å². The van der Waals surface area contributed by atoms with E-state index in [0.717, 1.165) is 16.7 Å². The van der Waals surface area contributed by atoms with Gasteiger partial charge in [-0.2, -0.15) is 4.31 Å². The van der Waals surface area contributed by atoms with Crippen LogP contribution in [0.15, 0.2) is 89.8 Å². The van der Waals surface area contributed by atoms with Crippen molar-refractivity contribution in [2.24, 2.45) is 0 Å². The summed E-state index contributed by atoms with van der Waals surface area (Å²) in [5, 5.41) is 11.5. The number of benzene rings is 3. The highest BCUT2D eigenvalue weighted by Gasteiger charge is 2.40. The zero-order chi connectivity index (χ0) is 23.3. The summed E-state index contributed by atoms with van der Waals surface area (Å²) in [7, 11) is -3.84. The van der Waals surface area contributed by atoms with E-state index in [1.807, 2.05) is 60.7 Å². The van der Waals surface area contributed by atoms with E-state index in [2.05, 4.69) is 5.32 Å². The van der Waals surface area contributed by atoms with Crippen LogP contribution in [-0.4, -0.2) is 48.0 Å². The molecule has 6 nitrogen and oxygen atoms in total. The Morgan fingerprint density at radius 3 is 2.21 bits per heavy atom. The number of sulfonamides is 1. The maximum absolute atomic E-state index is 13.4. The van der Waals surface area contributed by atoms with E-state index in [-0.39, 0.29) is 30.0 Å². The minimum atomic E-state index is -3.84.